The minimum atomic E-state index is -0.387. The molecular weight excluding hydrogens is 134 g/mol. The third kappa shape index (κ3) is 5.86. The highest BCUT2D eigenvalue weighted by Gasteiger charge is 1.98. The monoisotopic (exact) mass is 146 g/mol. The largest absolute Gasteiger partial charge is 0.320 e. The van der Waals surface area contributed by atoms with E-state index in [0.29, 0.717) is 5.75 Å². The summed E-state index contributed by atoms with van der Waals surface area (Å²) >= 11 is 1.70. The Kier molecular flexibility index (Phi) is 6.09. The smallest absolute Gasteiger partial charge is 0.217 e. The van der Waals surface area contributed by atoms with Crippen molar-refractivity contribution < 1.29 is 4.79 Å². The second-order valence-electron chi connectivity index (χ2n) is 1.80. The molecule has 9 heavy (non-hydrogen) atoms. The molecule has 0 saturated heterocycles. The van der Waals surface area contributed by atoms with Gasteiger partial charge in [-0.3, -0.25) is 4.79 Å². The fourth-order valence-corrected chi connectivity index (χ4v) is 1.17. The summed E-state index contributed by atoms with van der Waals surface area (Å²) in [6, 6.07) is -0.387. The van der Waals surface area contributed by atoms with Crippen LogP contribution in [0.15, 0.2) is 0 Å². The average Bonchev–Trinajstić information content (AvgIpc) is 1.89. The van der Waals surface area contributed by atoms with E-state index < -0.39 is 0 Å². The van der Waals surface area contributed by atoms with Gasteiger partial charge in [-0.2, -0.15) is 11.8 Å². The van der Waals surface area contributed by atoms with Crippen LogP contribution in [-0.4, -0.2) is 23.8 Å². The highest BCUT2D eigenvalue weighted by molar-refractivity contribution is 7.99. The highest BCUT2D eigenvalue weighted by Crippen LogP contribution is 2.01. The highest BCUT2D eigenvalue weighted by atomic mass is 32.2. The Morgan fingerprint density at radius 2 is 2.44 bits per heavy atom. The summed E-state index contributed by atoms with van der Waals surface area (Å²) in [7, 11) is 0. The summed E-state index contributed by atoms with van der Waals surface area (Å²) in [5.74, 6) is 1.78. The summed E-state index contributed by atoms with van der Waals surface area (Å²) in [6.45, 7) is 2.10. The summed E-state index contributed by atoms with van der Waals surface area (Å²) in [4.78, 5) is 9.84. The molecule has 53 valence electrons. The number of nitrogens with two attached hydrogens (primary N) is 1. The number of hydrogen-bond donors (Lipinski definition) is 1. The summed E-state index contributed by atoms with van der Waals surface area (Å²) in [5.41, 5.74) is 5.27. The van der Waals surface area contributed by atoms with Crippen LogP contribution in [0.2, 0.25) is 0 Å². The van der Waals surface area contributed by atoms with Crippen molar-refractivity contribution >= 4 is 18.0 Å². The van der Waals surface area contributed by atoms with E-state index in [9.17, 15) is 4.79 Å². The molecular formula is C6H12NOS. The topological polar surface area (TPSA) is 43.1 Å². The minimum Gasteiger partial charge on any atom is -0.320 e. The summed E-state index contributed by atoms with van der Waals surface area (Å²) < 4.78 is 0. The third-order valence-electron chi connectivity index (χ3n) is 0.797. The van der Waals surface area contributed by atoms with Crippen molar-refractivity contribution in [1.29, 1.82) is 0 Å². The van der Waals surface area contributed by atoms with E-state index in [2.05, 4.69) is 6.92 Å². The molecule has 0 heterocycles. The molecule has 0 aromatic rings. The standard InChI is InChI=1S/C6H12NOS/c1-2-3-9-5-6(7)4-8/h6H,2-3,5,7H2,1H3. The quantitative estimate of drug-likeness (QED) is 0.576. The second-order valence-corrected chi connectivity index (χ2v) is 2.95. The van der Waals surface area contributed by atoms with Crippen molar-refractivity contribution in [1.82, 2.24) is 0 Å². The van der Waals surface area contributed by atoms with Crippen LogP contribution in [0.5, 0.6) is 0 Å². The number of rotatable bonds is 5. The van der Waals surface area contributed by atoms with Gasteiger partial charge >= 0.3 is 0 Å². The van der Waals surface area contributed by atoms with Crippen molar-refractivity contribution in [3.05, 3.63) is 0 Å². The van der Waals surface area contributed by atoms with Crippen molar-refractivity contribution in [2.24, 2.45) is 5.73 Å². The molecule has 1 radical (unpaired) electrons. The lowest BCUT2D eigenvalue weighted by Gasteiger charge is -1.99. The zero-order chi connectivity index (χ0) is 7.11. The molecule has 0 amide bonds. The van der Waals surface area contributed by atoms with Gasteiger partial charge in [0.2, 0.25) is 6.29 Å². The Balaban J connectivity index is 2.96. The Morgan fingerprint density at radius 1 is 1.78 bits per heavy atom. The fraction of sp³-hybridized carbons (Fsp3) is 0.833. The van der Waals surface area contributed by atoms with E-state index in [-0.39, 0.29) is 6.04 Å². The van der Waals surface area contributed by atoms with Crippen LogP contribution in [0.3, 0.4) is 0 Å². The molecule has 2 nitrogen and oxygen atoms in total. The van der Waals surface area contributed by atoms with E-state index in [4.69, 9.17) is 5.73 Å². The molecule has 2 N–H and O–H groups in total. The second kappa shape index (κ2) is 6.11. The number of thioether (sulfide) groups is 1. The number of carbonyl (C=O) groups excluding carboxylic acids is 1. The lowest BCUT2D eigenvalue weighted by atomic mass is 10.4. The van der Waals surface area contributed by atoms with Crippen LogP contribution >= 0.6 is 11.8 Å². The number of hydrogen-bond acceptors (Lipinski definition) is 3. The van der Waals surface area contributed by atoms with Crippen LogP contribution in [0.4, 0.5) is 0 Å². The van der Waals surface area contributed by atoms with Crippen LogP contribution < -0.4 is 5.73 Å². The molecule has 0 rings (SSSR count). The molecule has 0 fully saturated rings. The SMILES string of the molecule is CCCSCC(N)[C]=O. The molecule has 0 spiro atoms. The first kappa shape index (κ1) is 8.98. The zero-order valence-electron chi connectivity index (χ0n) is 5.59. The van der Waals surface area contributed by atoms with E-state index in [1.54, 1.807) is 18.0 Å². The van der Waals surface area contributed by atoms with Crippen molar-refractivity contribution in [2.75, 3.05) is 11.5 Å². The van der Waals surface area contributed by atoms with Crippen molar-refractivity contribution in [3.8, 4) is 0 Å². The summed E-state index contributed by atoms with van der Waals surface area (Å²) in [6.07, 6.45) is 2.87. The predicted molar refractivity (Wildman–Crippen MR) is 41.3 cm³/mol. The Morgan fingerprint density at radius 3 is 2.89 bits per heavy atom. The van der Waals surface area contributed by atoms with Gasteiger partial charge in [0.05, 0.1) is 6.04 Å². The molecule has 0 aromatic heterocycles. The maximum atomic E-state index is 9.84. The maximum absolute atomic E-state index is 9.84. The Labute approximate surface area is 60.2 Å². The van der Waals surface area contributed by atoms with Gasteiger partial charge in [0.25, 0.3) is 0 Å². The predicted octanol–water partition coefficient (Wildman–Crippen LogP) is 0.567. The first-order chi connectivity index (χ1) is 4.31. The van der Waals surface area contributed by atoms with E-state index >= 15 is 0 Å². The van der Waals surface area contributed by atoms with Gasteiger partial charge in [-0.05, 0) is 12.2 Å². The molecule has 0 aliphatic carbocycles. The van der Waals surface area contributed by atoms with Crippen LogP contribution in [0.25, 0.3) is 0 Å². The van der Waals surface area contributed by atoms with Gasteiger partial charge < -0.3 is 5.73 Å². The minimum absolute atomic E-state index is 0.387. The first-order valence-electron chi connectivity index (χ1n) is 3.02. The van der Waals surface area contributed by atoms with Crippen LogP contribution in [0.1, 0.15) is 13.3 Å². The molecule has 3 heteroatoms. The van der Waals surface area contributed by atoms with Gasteiger partial charge in [-0.25, -0.2) is 0 Å². The lowest BCUT2D eigenvalue weighted by Crippen LogP contribution is -2.24. The Hall–Kier alpha value is -0.0200. The van der Waals surface area contributed by atoms with Crippen LogP contribution in [0, 0.1) is 0 Å². The first-order valence-corrected chi connectivity index (χ1v) is 4.17. The maximum Gasteiger partial charge on any atom is 0.217 e. The Bertz CT molecular complexity index is 77.5. The fourth-order valence-electron chi connectivity index (χ4n) is 0.389. The molecule has 0 bridgehead atoms. The molecule has 0 aromatic carbocycles. The van der Waals surface area contributed by atoms with E-state index in [1.807, 2.05) is 0 Å². The average molecular weight is 146 g/mol. The van der Waals surface area contributed by atoms with E-state index in [1.165, 1.54) is 0 Å². The van der Waals surface area contributed by atoms with Crippen molar-refractivity contribution in [2.45, 2.75) is 19.4 Å². The third-order valence-corrected chi connectivity index (χ3v) is 2.09. The summed E-state index contributed by atoms with van der Waals surface area (Å²) in [5, 5.41) is 0. The van der Waals surface area contributed by atoms with Gasteiger partial charge in [-0.15, -0.1) is 0 Å². The van der Waals surface area contributed by atoms with Gasteiger partial charge in [-0.1, -0.05) is 6.92 Å². The molecule has 0 aliphatic rings. The lowest BCUT2D eigenvalue weighted by molar-refractivity contribution is 0.546. The zero-order valence-corrected chi connectivity index (χ0v) is 6.41. The van der Waals surface area contributed by atoms with Gasteiger partial charge in [0, 0.05) is 5.75 Å². The van der Waals surface area contributed by atoms with Crippen LogP contribution in [-0.2, 0) is 4.79 Å². The van der Waals surface area contributed by atoms with Gasteiger partial charge in [0.1, 0.15) is 0 Å². The molecule has 0 saturated carbocycles. The van der Waals surface area contributed by atoms with Crippen molar-refractivity contribution in [3.63, 3.8) is 0 Å². The normalized spacial score (nSPS) is 13.1. The van der Waals surface area contributed by atoms with Gasteiger partial charge in [0.15, 0.2) is 0 Å². The molecule has 1 unspecified atom stereocenters. The van der Waals surface area contributed by atoms with E-state index in [0.717, 1.165) is 12.2 Å². The molecule has 1 atom stereocenters. The molecule has 0 aliphatic heterocycles.